The van der Waals surface area contributed by atoms with Crippen molar-refractivity contribution in [3.63, 3.8) is 0 Å². The molecule has 0 aliphatic carbocycles. The fourth-order valence-corrected chi connectivity index (χ4v) is 4.31. The fourth-order valence-electron chi connectivity index (χ4n) is 4.31. The molecule has 1 N–H and O–H groups in total. The van der Waals surface area contributed by atoms with Crippen molar-refractivity contribution in [2.24, 2.45) is 0 Å². The van der Waals surface area contributed by atoms with Crippen LogP contribution in [-0.2, 0) is 13.1 Å². The van der Waals surface area contributed by atoms with Crippen LogP contribution in [0.1, 0.15) is 38.3 Å². The summed E-state index contributed by atoms with van der Waals surface area (Å²) < 4.78 is 2.13. The molecule has 22 heavy (non-hydrogen) atoms. The molecular formula is C18H26N4. The Morgan fingerprint density at radius 2 is 1.95 bits per heavy atom. The van der Waals surface area contributed by atoms with Crippen LogP contribution >= 0.6 is 0 Å². The van der Waals surface area contributed by atoms with Gasteiger partial charge in [0.2, 0.25) is 0 Å². The average molecular weight is 298 g/mol. The van der Waals surface area contributed by atoms with Gasteiger partial charge in [-0.2, -0.15) is 5.10 Å². The number of nitrogens with one attached hydrogen (secondary N) is 1. The zero-order chi connectivity index (χ0) is 15.1. The second kappa shape index (κ2) is 5.67. The number of aromatic nitrogens is 2. The van der Waals surface area contributed by atoms with Gasteiger partial charge in [-0.25, -0.2) is 0 Å². The first kappa shape index (κ1) is 14.2. The first-order chi connectivity index (χ1) is 10.7. The Morgan fingerprint density at radius 3 is 2.68 bits per heavy atom. The molecule has 1 aromatic carbocycles. The number of hydrogen-bond acceptors (Lipinski definition) is 3. The summed E-state index contributed by atoms with van der Waals surface area (Å²) in [7, 11) is 2.27. The molecule has 0 radical (unpaired) electrons. The highest BCUT2D eigenvalue weighted by molar-refractivity contribution is 5.81. The molecule has 118 valence electrons. The van der Waals surface area contributed by atoms with Gasteiger partial charge < -0.3 is 5.32 Å². The monoisotopic (exact) mass is 298 g/mol. The highest BCUT2D eigenvalue weighted by Gasteiger charge is 2.35. The molecular weight excluding hydrogens is 272 g/mol. The minimum atomic E-state index is 0.698. The van der Waals surface area contributed by atoms with Gasteiger partial charge in [-0.15, -0.1) is 0 Å². The van der Waals surface area contributed by atoms with Crippen molar-refractivity contribution in [2.45, 2.75) is 63.8 Å². The molecule has 4 rings (SSSR count). The first-order valence-electron chi connectivity index (χ1n) is 8.65. The number of aryl methyl sites for hydroxylation is 1. The molecule has 2 unspecified atom stereocenters. The number of rotatable bonds is 4. The maximum Gasteiger partial charge on any atom is 0.0843 e. The summed E-state index contributed by atoms with van der Waals surface area (Å²) in [6.07, 6.45) is 5.31. The van der Waals surface area contributed by atoms with E-state index in [9.17, 15) is 0 Å². The normalized spacial score (nSPS) is 27.9. The second-order valence-corrected chi connectivity index (χ2v) is 6.96. The molecule has 2 aromatic rings. The van der Waals surface area contributed by atoms with Gasteiger partial charge in [-0.05, 0) is 45.7 Å². The van der Waals surface area contributed by atoms with Gasteiger partial charge in [0.25, 0.3) is 0 Å². The lowest BCUT2D eigenvalue weighted by atomic mass is 9.98. The van der Waals surface area contributed by atoms with Crippen LogP contribution in [0, 0.1) is 0 Å². The summed E-state index contributed by atoms with van der Waals surface area (Å²) in [4.78, 5) is 2.53. The van der Waals surface area contributed by atoms with Crippen molar-refractivity contribution in [1.82, 2.24) is 20.0 Å². The number of benzene rings is 1. The molecule has 2 bridgehead atoms. The maximum absolute atomic E-state index is 4.86. The molecule has 2 atom stereocenters. The van der Waals surface area contributed by atoms with Crippen molar-refractivity contribution in [3.8, 4) is 0 Å². The fraction of sp³-hybridized carbons (Fsp3) is 0.611. The Bertz CT molecular complexity index is 650. The van der Waals surface area contributed by atoms with Crippen LogP contribution in [0.15, 0.2) is 24.3 Å². The van der Waals surface area contributed by atoms with E-state index in [-0.39, 0.29) is 0 Å². The SMILES string of the molecule is CCn1nc(CN(C)C2CC3CCC(C2)N3)c2ccccc21. The second-order valence-electron chi connectivity index (χ2n) is 6.96. The Hall–Kier alpha value is -1.39. The third-order valence-corrected chi connectivity index (χ3v) is 5.50. The van der Waals surface area contributed by atoms with E-state index in [2.05, 4.69) is 53.1 Å². The van der Waals surface area contributed by atoms with E-state index in [1.807, 2.05) is 0 Å². The van der Waals surface area contributed by atoms with E-state index >= 15 is 0 Å². The van der Waals surface area contributed by atoms with Crippen molar-refractivity contribution in [2.75, 3.05) is 7.05 Å². The molecule has 0 saturated carbocycles. The highest BCUT2D eigenvalue weighted by atomic mass is 15.3. The minimum Gasteiger partial charge on any atom is -0.311 e. The first-order valence-corrected chi connectivity index (χ1v) is 8.65. The molecule has 2 aliphatic rings. The van der Waals surface area contributed by atoms with Crippen LogP contribution in [0.25, 0.3) is 10.9 Å². The van der Waals surface area contributed by atoms with E-state index < -0.39 is 0 Å². The lowest BCUT2D eigenvalue weighted by Gasteiger charge is -2.35. The molecule has 2 saturated heterocycles. The predicted molar refractivity (Wildman–Crippen MR) is 89.8 cm³/mol. The van der Waals surface area contributed by atoms with E-state index in [1.54, 1.807) is 0 Å². The zero-order valence-electron chi connectivity index (χ0n) is 13.6. The highest BCUT2D eigenvalue weighted by Crippen LogP contribution is 2.30. The van der Waals surface area contributed by atoms with Gasteiger partial charge >= 0.3 is 0 Å². The summed E-state index contributed by atoms with van der Waals surface area (Å²) >= 11 is 0. The van der Waals surface area contributed by atoms with E-state index in [0.29, 0.717) is 6.04 Å². The third-order valence-electron chi connectivity index (χ3n) is 5.50. The number of piperidine rings is 1. The topological polar surface area (TPSA) is 33.1 Å². The molecule has 2 aliphatic heterocycles. The van der Waals surface area contributed by atoms with Gasteiger partial charge in [0.1, 0.15) is 0 Å². The van der Waals surface area contributed by atoms with Crippen LogP contribution in [0.4, 0.5) is 0 Å². The van der Waals surface area contributed by atoms with Gasteiger partial charge in [0.05, 0.1) is 11.2 Å². The van der Waals surface area contributed by atoms with Crippen molar-refractivity contribution >= 4 is 10.9 Å². The van der Waals surface area contributed by atoms with Crippen LogP contribution in [0.2, 0.25) is 0 Å². The zero-order valence-corrected chi connectivity index (χ0v) is 13.6. The Kier molecular flexibility index (Phi) is 3.66. The van der Waals surface area contributed by atoms with Gasteiger partial charge in [-0.3, -0.25) is 9.58 Å². The summed E-state index contributed by atoms with van der Waals surface area (Å²) in [6, 6.07) is 10.8. The van der Waals surface area contributed by atoms with Crippen LogP contribution in [0.3, 0.4) is 0 Å². The quantitative estimate of drug-likeness (QED) is 0.942. The minimum absolute atomic E-state index is 0.698. The lowest BCUT2D eigenvalue weighted by Crippen LogP contribution is -2.46. The number of nitrogens with zero attached hydrogens (tertiary/aromatic N) is 3. The molecule has 3 heterocycles. The largest absolute Gasteiger partial charge is 0.311 e. The van der Waals surface area contributed by atoms with Crippen molar-refractivity contribution in [1.29, 1.82) is 0 Å². The van der Waals surface area contributed by atoms with E-state index in [0.717, 1.165) is 25.2 Å². The number of fused-ring (bicyclic) bond motifs is 3. The molecule has 4 heteroatoms. The van der Waals surface area contributed by atoms with Crippen LogP contribution < -0.4 is 5.32 Å². The Balaban J connectivity index is 1.55. The lowest BCUT2D eigenvalue weighted by molar-refractivity contribution is 0.164. The molecule has 4 nitrogen and oxygen atoms in total. The van der Waals surface area contributed by atoms with Crippen molar-refractivity contribution in [3.05, 3.63) is 30.0 Å². The summed E-state index contributed by atoms with van der Waals surface area (Å²) in [6.45, 7) is 4.05. The Labute approximate surface area is 132 Å². The van der Waals surface area contributed by atoms with Gasteiger partial charge in [0, 0.05) is 36.6 Å². The predicted octanol–water partition coefficient (Wildman–Crippen LogP) is 2.77. The summed E-state index contributed by atoms with van der Waals surface area (Å²) in [5.74, 6) is 0. The van der Waals surface area contributed by atoms with E-state index in [1.165, 1.54) is 42.3 Å². The molecule has 2 fully saturated rings. The third kappa shape index (κ3) is 2.44. The smallest absolute Gasteiger partial charge is 0.0843 e. The van der Waals surface area contributed by atoms with Crippen LogP contribution in [0.5, 0.6) is 0 Å². The standard InChI is InChI=1S/C18H26N4/c1-3-22-18-7-5-4-6-16(18)17(20-22)12-21(2)15-10-13-8-9-14(11-15)19-13/h4-7,13-15,19H,3,8-12H2,1-2H3. The summed E-state index contributed by atoms with van der Waals surface area (Å²) in [5, 5.41) is 9.90. The molecule has 0 spiro atoms. The Morgan fingerprint density at radius 1 is 1.23 bits per heavy atom. The molecule has 1 aromatic heterocycles. The van der Waals surface area contributed by atoms with Crippen LogP contribution in [-0.4, -0.2) is 39.9 Å². The number of hydrogen-bond donors (Lipinski definition) is 1. The van der Waals surface area contributed by atoms with Gasteiger partial charge in [-0.1, -0.05) is 18.2 Å². The van der Waals surface area contributed by atoms with E-state index in [4.69, 9.17) is 5.10 Å². The van der Waals surface area contributed by atoms with Crippen molar-refractivity contribution < 1.29 is 0 Å². The summed E-state index contributed by atoms with van der Waals surface area (Å²) in [5.41, 5.74) is 2.49. The van der Waals surface area contributed by atoms with Gasteiger partial charge in [0.15, 0.2) is 0 Å². The maximum atomic E-state index is 4.86. The number of para-hydroxylation sites is 1. The molecule has 0 amide bonds. The average Bonchev–Trinajstić information content (AvgIpc) is 3.07.